The summed E-state index contributed by atoms with van der Waals surface area (Å²) in [6.07, 6.45) is 1.35. The Labute approximate surface area is 155 Å². The highest BCUT2D eigenvalue weighted by atomic mass is 32.2. The van der Waals surface area contributed by atoms with Gasteiger partial charge in [0, 0.05) is 29.5 Å². The summed E-state index contributed by atoms with van der Waals surface area (Å²) in [6.45, 7) is 8.91. The van der Waals surface area contributed by atoms with Gasteiger partial charge in [0.15, 0.2) is 5.78 Å². The SMILES string of the molecule is CC(=O)c1cccc(Nc2ccc(S(=O)(=O)N(C(C)C)C(C)C)cn2)c1. The van der Waals surface area contributed by atoms with Crippen LogP contribution in [-0.4, -0.2) is 35.6 Å². The zero-order valence-electron chi connectivity index (χ0n) is 15.7. The number of ketones is 1. The fourth-order valence-corrected chi connectivity index (χ4v) is 4.62. The van der Waals surface area contributed by atoms with Crippen LogP contribution < -0.4 is 5.32 Å². The number of rotatable bonds is 7. The zero-order chi connectivity index (χ0) is 19.5. The molecule has 0 radical (unpaired) electrons. The summed E-state index contributed by atoms with van der Waals surface area (Å²) in [5.74, 6) is 0.482. The third kappa shape index (κ3) is 4.47. The lowest BCUT2D eigenvalue weighted by atomic mass is 10.1. The third-order valence-corrected chi connectivity index (χ3v) is 6.11. The molecule has 2 rings (SSSR count). The molecule has 1 aromatic heterocycles. The second-order valence-electron chi connectivity index (χ2n) is 6.66. The lowest BCUT2D eigenvalue weighted by Gasteiger charge is -2.29. The molecule has 2 aromatic rings. The van der Waals surface area contributed by atoms with Gasteiger partial charge >= 0.3 is 0 Å². The minimum Gasteiger partial charge on any atom is -0.340 e. The molecule has 0 spiro atoms. The van der Waals surface area contributed by atoms with E-state index in [1.165, 1.54) is 23.5 Å². The molecule has 0 saturated heterocycles. The second-order valence-corrected chi connectivity index (χ2v) is 8.51. The van der Waals surface area contributed by atoms with E-state index < -0.39 is 10.0 Å². The highest BCUT2D eigenvalue weighted by Crippen LogP contribution is 2.22. The molecule has 0 aliphatic heterocycles. The summed E-state index contributed by atoms with van der Waals surface area (Å²) < 4.78 is 27.1. The highest BCUT2D eigenvalue weighted by molar-refractivity contribution is 7.89. The number of sulfonamides is 1. The molecule has 0 unspecified atom stereocenters. The Morgan fingerprint density at radius 1 is 1.08 bits per heavy atom. The van der Waals surface area contributed by atoms with E-state index in [1.54, 1.807) is 24.3 Å². The van der Waals surface area contributed by atoms with Gasteiger partial charge in [0.2, 0.25) is 10.0 Å². The number of nitrogens with one attached hydrogen (secondary N) is 1. The van der Waals surface area contributed by atoms with Gasteiger partial charge < -0.3 is 5.32 Å². The first-order valence-electron chi connectivity index (χ1n) is 8.50. The van der Waals surface area contributed by atoms with E-state index >= 15 is 0 Å². The summed E-state index contributed by atoms with van der Waals surface area (Å²) in [4.78, 5) is 15.8. The van der Waals surface area contributed by atoms with Gasteiger partial charge in [-0.3, -0.25) is 4.79 Å². The van der Waals surface area contributed by atoms with Crippen molar-refractivity contribution in [2.45, 2.75) is 51.6 Å². The van der Waals surface area contributed by atoms with Crippen LogP contribution in [0.15, 0.2) is 47.5 Å². The maximum atomic E-state index is 12.8. The molecule has 1 aromatic carbocycles. The molecular weight excluding hydrogens is 350 g/mol. The van der Waals surface area contributed by atoms with E-state index in [9.17, 15) is 13.2 Å². The Morgan fingerprint density at radius 2 is 1.73 bits per heavy atom. The van der Waals surface area contributed by atoms with Crippen LogP contribution in [0.2, 0.25) is 0 Å². The van der Waals surface area contributed by atoms with E-state index in [0.29, 0.717) is 17.1 Å². The minimum absolute atomic E-state index is 0.0227. The monoisotopic (exact) mass is 375 g/mol. The standard InChI is InChI=1S/C19H25N3O3S/c1-13(2)22(14(3)4)26(24,25)18-9-10-19(20-12-18)21-17-8-6-7-16(11-17)15(5)23/h6-14H,1-5H3,(H,20,21). The maximum Gasteiger partial charge on any atom is 0.245 e. The first-order chi connectivity index (χ1) is 12.1. The van der Waals surface area contributed by atoms with Crippen molar-refractivity contribution >= 4 is 27.3 Å². The average molecular weight is 375 g/mol. The smallest absolute Gasteiger partial charge is 0.245 e. The van der Waals surface area contributed by atoms with E-state index in [4.69, 9.17) is 0 Å². The topological polar surface area (TPSA) is 79.4 Å². The lowest BCUT2D eigenvalue weighted by Crippen LogP contribution is -2.41. The number of carbonyl (C=O) groups is 1. The number of anilines is 2. The second kappa shape index (κ2) is 7.97. The van der Waals surface area contributed by atoms with E-state index in [2.05, 4.69) is 10.3 Å². The van der Waals surface area contributed by atoms with Crippen molar-refractivity contribution in [1.29, 1.82) is 0 Å². The molecular formula is C19H25N3O3S. The molecule has 0 saturated carbocycles. The summed E-state index contributed by atoms with van der Waals surface area (Å²) in [5.41, 5.74) is 1.31. The predicted octanol–water partition coefficient (Wildman–Crippen LogP) is 3.84. The van der Waals surface area contributed by atoms with Crippen molar-refractivity contribution in [3.63, 3.8) is 0 Å². The maximum absolute atomic E-state index is 12.8. The number of Topliss-reactive ketones (excluding diaryl/α,β-unsaturated/α-hetero) is 1. The molecule has 0 aliphatic rings. The molecule has 7 heteroatoms. The van der Waals surface area contributed by atoms with E-state index in [-0.39, 0.29) is 22.8 Å². The summed E-state index contributed by atoms with van der Waals surface area (Å²) in [6, 6.07) is 9.93. The van der Waals surface area contributed by atoms with Crippen molar-refractivity contribution in [2.24, 2.45) is 0 Å². The quantitative estimate of drug-likeness (QED) is 0.744. The number of hydrogen-bond donors (Lipinski definition) is 1. The largest absolute Gasteiger partial charge is 0.340 e. The van der Waals surface area contributed by atoms with Gasteiger partial charge in [0.05, 0.1) is 0 Å². The van der Waals surface area contributed by atoms with Crippen molar-refractivity contribution in [2.75, 3.05) is 5.32 Å². The Balaban J connectivity index is 2.25. The van der Waals surface area contributed by atoms with Crippen LogP contribution in [0.3, 0.4) is 0 Å². The van der Waals surface area contributed by atoms with Gasteiger partial charge in [-0.1, -0.05) is 12.1 Å². The fraction of sp³-hybridized carbons (Fsp3) is 0.368. The van der Waals surface area contributed by atoms with Crippen LogP contribution in [0.4, 0.5) is 11.5 Å². The van der Waals surface area contributed by atoms with Crippen molar-refractivity contribution < 1.29 is 13.2 Å². The van der Waals surface area contributed by atoms with Gasteiger partial charge in [-0.05, 0) is 58.9 Å². The number of aromatic nitrogens is 1. The molecule has 1 heterocycles. The van der Waals surface area contributed by atoms with Crippen molar-refractivity contribution in [3.8, 4) is 0 Å². The Morgan fingerprint density at radius 3 is 2.23 bits per heavy atom. The van der Waals surface area contributed by atoms with Crippen LogP contribution in [0, 0.1) is 0 Å². The molecule has 0 fully saturated rings. The Bertz CT molecular complexity index is 867. The summed E-state index contributed by atoms with van der Waals surface area (Å²) in [5, 5.41) is 3.08. The predicted molar refractivity (Wildman–Crippen MR) is 103 cm³/mol. The first kappa shape index (κ1) is 20.1. The minimum atomic E-state index is -3.61. The summed E-state index contributed by atoms with van der Waals surface area (Å²) >= 11 is 0. The molecule has 0 bridgehead atoms. The number of hydrogen-bond acceptors (Lipinski definition) is 5. The van der Waals surface area contributed by atoms with Crippen molar-refractivity contribution in [3.05, 3.63) is 48.2 Å². The number of benzene rings is 1. The fourth-order valence-electron chi connectivity index (χ4n) is 2.84. The molecule has 0 atom stereocenters. The number of pyridine rings is 1. The molecule has 26 heavy (non-hydrogen) atoms. The molecule has 6 nitrogen and oxygen atoms in total. The van der Waals surface area contributed by atoms with Crippen molar-refractivity contribution in [1.82, 2.24) is 9.29 Å². The van der Waals surface area contributed by atoms with Gasteiger partial charge in [0.25, 0.3) is 0 Å². The van der Waals surface area contributed by atoms with Crippen LogP contribution in [-0.2, 0) is 10.0 Å². The lowest BCUT2D eigenvalue weighted by molar-refractivity contribution is 0.101. The average Bonchev–Trinajstić information content (AvgIpc) is 2.54. The van der Waals surface area contributed by atoms with Crippen LogP contribution in [0.1, 0.15) is 45.0 Å². The summed E-state index contributed by atoms with van der Waals surface area (Å²) in [7, 11) is -3.61. The number of carbonyl (C=O) groups excluding carboxylic acids is 1. The van der Waals surface area contributed by atoms with Crippen LogP contribution in [0.5, 0.6) is 0 Å². The van der Waals surface area contributed by atoms with Gasteiger partial charge in [0.1, 0.15) is 10.7 Å². The Hall–Kier alpha value is -2.25. The number of nitrogens with zero attached hydrogens (tertiary/aromatic N) is 2. The third-order valence-electron chi connectivity index (χ3n) is 3.87. The van der Waals surface area contributed by atoms with E-state index in [0.717, 1.165) is 0 Å². The molecule has 0 aliphatic carbocycles. The normalized spacial score (nSPS) is 12.0. The molecule has 140 valence electrons. The van der Waals surface area contributed by atoms with E-state index in [1.807, 2.05) is 33.8 Å². The van der Waals surface area contributed by atoms with Crippen LogP contribution >= 0.6 is 0 Å². The van der Waals surface area contributed by atoms with Gasteiger partial charge in [-0.15, -0.1) is 0 Å². The molecule has 0 amide bonds. The zero-order valence-corrected chi connectivity index (χ0v) is 16.5. The van der Waals surface area contributed by atoms with Gasteiger partial charge in [-0.2, -0.15) is 4.31 Å². The van der Waals surface area contributed by atoms with Gasteiger partial charge in [-0.25, -0.2) is 13.4 Å². The van der Waals surface area contributed by atoms with Crippen LogP contribution in [0.25, 0.3) is 0 Å². The molecule has 1 N–H and O–H groups in total. The Kier molecular flexibility index (Phi) is 6.15. The highest BCUT2D eigenvalue weighted by Gasteiger charge is 2.29. The first-order valence-corrected chi connectivity index (χ1v) is 9.94.